The lowest BCUT2D eigenvalue weighted by Crippen LogP contribution is -2.38. The van der Waals surface area contributed by atoms with Crippen LogP contribution in [-0.2, 0) is 13.0 Å². The molecule has 2 heterocycles. The van der Waals surface area contributed by atoms with E-state index in [9.17, 15) is 0 Å². The van der Waals surface area contributed by atoms with Crippen LogP contribution in [0.5, 0.6) is 0 Å². The zero-order valence-corrected chi connectivity index (χ0v) is 18.0. The highest BCUT2D eigenvalue weighted by molar-refractivity contribution is 14.0. The smallest absolute Gasteiger partial charge is 0.226 e. The molecule has 0 aliphatic rings. The predicted octanol–water partition coefficient (Wildman–Crippen LogP) is 3.47. The Kier molecular flexibility index (Phi) is 7.83. The highest BCUT2D eigenvalue weighted by atomic mass is 127. The molecule has 0 saturated carbocycles. The summed E-state index contributed by atoms with van der Waals surface area (Å²) >= 11 is 0. The third kappa shape index (κ3) is 5.56. The van der Waals surface area contributed by atoms with Gasteiger partial charge in [-0.1, -0.05) is 23.4 Å². The molecule has 0 saturated heterocycles. The molecule has 0 aliphatic heterocycles. The third-order valence-corrected chi connectivity index (χ3v) is 4.08. The summed E-state index contributed by atoms with van der Waals surface area (Å²) in [6.07, 6.45) is 2.48. The lowest BCUT2D eigenvalue weighted by Gasteiger charge is -2.10. The van der Waals surface area contributed by atoms with E-state index in [1.54, 1.807) is 13.3 Å². The molecular formula is C19H24IN5O2. The van der Waals surface area contributed by atoms with Crippen molar-refractivity contribution in [1.29, 1.82) is 0 Å². The van der Waals surface area contributed by atoms with Gasteiger partial charge in [-0.05, 0) is 32.4 Å². The van der Waals surface area contributed by atoms with E-state index in [0.717, 1.165) is 41.2 Å². The van der Waals surface area contributed by atoms with E-state index in [4.69, 9.17) is 8.94 Å². The Morgan fingerprint density at radius 3 is 2.59 bits per heavy atom. The van der Waals surface area contributed by atoms with Gasteiger partial charge in [0.15, 0.2) is 5.96 Å². The number of hydrogen-bond donors (Lipinski definition) is 2. The number of nitrogens with one attached hydrogen (secondary N) is 2. The largest absolute Gasteiger partial charge is 0.444 e. The second-order valence-electron chi connectivity index (χ2n) is 5.92. The zero-order valence-electron chi connectivity index (χ0n) is 15.7. The van der Waals surface area contributed by atoms with E-state index in [1.807, 2.05) is 44.2 Å². The zero-order chi connectivity index (χ0) is 18.4. The SMILES string of the molecule is CN=C(NCCc1c(C)noc1C)NCc1coc(-c2ccccc2)n1.I. The summed E-state index contributed by atoms with van der Waals surface area (Å²) in [6.45, 7) is 5.14. The molecule has 27 heavy (non-hydrogen) atoms. The Balaban J connectivity index is 0.00000261. The van der Waals surface area contributed by atoms with Crippen molar-refractivity contribution in [3.63, 3.8) is 0 Å². The third-order valence-electron chi connectivity index (χ3n) is 4.08. The van der Waals surface area contributed by atoms with Crippen LogP contribution in [-0.4, -0.2) is 29.7 Å². The van der Waals surface area contributed by atoms with Gasteiger partial charge < -0.3 is 19.6 Å². The van der Waals surface area contributed by atoms with Crippen molar-refractivity contribution in [2.24, 2.45) is 4.99 Å². The number of aromatic nitrogens is 2. The number of rotatable bonds is 6. The van der Waals surface area contributed by atoms with Crippen molar-refractivity contribution >= 4 is 29.9 Å². The maximum absolute atomic E-state index is 5.54. The number of guanidine groups is 1. The first-order valence-corrected chi connectivity index (χ1v) is 8.53. The van der Waals surface area contributed by atoms with Crippen molar-refractivity contribution in [2.75, 3.05) is 13.6 Å². The molecule has 0 radical (unpaired) electrons. The van der Waals surface area contributed by atoms with Gasteiger partial charge in [-0.3, -0.25) is 4.99 Å². The maximum Gasteiger partial charge on any atom is 0.226 e. The summed E-state index contributed by atoms with van der Waals surface area (Å²) in [7, 11) is 1.74. The average molecular weight is 481 g/mol. The van der Waals surface area contributed by atoms with Crippen LogP contribution < -0.4 is 10.6 Å². The quantitative estimate of drug-likeness (QED) is 0.319. The van der Waals surface area contributed by atoms with Crippen LogP contribution in [0.25, 0.3) is 11.5 Å². The van der Waals surface area contributed by atoms with Crippen LogP contribution in [0.15, 0.2) is 50.5 Å². The van der Waals surface area contributed by atoms with Crippen LogP contribution >= 0.6 is 24.0 Å². The molecule has 1 aromatic carbocycles. The molecular weight excluding hydrogens is 457 g/mol. The van der Waals surface area contributed by atoms with Gasteiger partial charge >= 0.3 is 0 Å². The first-order chi connectivity index (χ1) is 12.7. The maximum atomic E-state index is 5.54. The van der Waals surface area contributed by atoms with Gasteiger partial charge in [0.05, 0.1) is 17.9 Å². The molecule has 0 amide bonds. The summed E-state index contributed by atoms with van der Waals surface area (Å²) in [5, 5.41) is 10.5. The van der Waals surface area contributed by atoms with Gasteiger partial charge in [0.2, 0.25) is 5.89 Å². The lowest BCUT2D eigenvalue weighted by molar-refractivity contribution is 0.392. The van der Waals surface area contributed by atoms with E-state index in [0.29, 0.717) is 18.4 Å². The highest BCUT2D eigenvalue weighted by Crippen LogP contribution is 2.17. The Bertz CT molecular complexity index is 854. The summed E-state index contributed by atoms with van der Waals surface area (Å²) in [5.74, 6) is 2.19. The normalized spacial score (nSPS) is 11.1. The molecule has 0 aliphatic carbocycles. The molecule has 0 atom stereocenters. The molecule has 0 unspecified atom stereocenters. The number of nitrogens with zero attached hydrogens (tertiary/aromatic N) is 3. The second-order valence-corrected chi connectivity index (χ2v) is 5.92. The second kappa shape index (κ2) is 10.1. The number of aryl methyl sites for hydroxylation is 2. The molecule has 8 heteroatoms. The van der Waals surface area contributed by atoms with Gasteiger partial charge in [-0.15, -0.1) is 24.0 Å². The fraction of sp³-hybridized carbons (Fsp3) is 0.316. The molecule has 0 bridgehead atoms. The molecule has 0 fully saturated rings. The van der Waals surface area contributed by atoms with Crippen LogP contribution in [0.1, 0.15) is 22.7 Å². The topological polar surface area (TPSA) is 88.5 Å². The molecule has 3 aromatic rings. The van der Waals surface area contributed by atoms with Crippen molar-refractivity contribution in [2.45, 2.75) is 26.8 Å². The van der Waals surface area contributed by atoms with Crippen LogP contribution in [0.2, 0.25) is 0 Å². The summed E-state index contributed by atoms with van der Waals surface area (Å²) in [4.78, 5) is 8.73. The monoisotopic (exact) mass is 481 g/mol. The van der Waals surface area contributed by atoms with E-state index in [2.05, 4.69) is 25.8 Å². The number of hydrogen-bond acceptors (Lipinski definition) is 5. The standard InChI is InChI=1S/C19H23N5O2.HI/c1-13-17(14(2)26-24-13)9-10-21-19(20-3)22-11-16-12-25-18(23-16)15-7-5-4-6-8-15;/h4-8,12H,9-11H2,1-3H3,(H2,20,21,22);1H. The first kappa shape index (κ1) is 20.9. The molecule has 2 N–H and O–H groups in total. The van der Waals surface area contributed by atoms with E-state index in [-0.39, 0.29) is 24.0 Å². The minimum Gasteiger partial charge on any atom is -0.444 e. The number of oxazole rings is 1. The Morgan fingerprint density at radius 1 is 1.15 bits per heavy atom. The lowest BCUT2D eigenvalue weighted by atomic mass is 10.1. The fourth-order valence-corrected chi connectivity index (χ4v) is 2.66. The minimum absolute atomic E-state index is 0. The summed E-state index contributed by atoms with van der Waals surface area (Å²) in [6, 6.07) is 9.83. The Labute approximate surface area is 175 Å². The molecule has 3 rings (SSSR count). The van der Waals surface area contributed by atoms with E-state index < -0.39 is 0 Å². The van der Waals surface area contributed by atoms with Crippen molar-refractivity contribution in [3.05, 3.63) is 59.3 Å². The predicted molar refractivity (Wildman–Crippen MR) is 115 cm³/mol. The number of aliphatic imine (C=N–C) groups is 1. The van der Waals surface area contributed by atoms with Crippen molar-refractivity contribution in [3.8, 4) is 11.5 Å². The van der Waals surface area contributed by atoms with Gasteiger partial charge in [0.25, 0.3) is 0 Å². The van der Waals surface area contributed by atoms with E-state index in [1.165, 1.54) is 0 Å². The van der Waals surface area contributed by atoms with Gasteiger partial charge in [-0.2, -0.15) is 0 Å². The Morgan fingerprint density at radius 2 is 1.93 bits per heavy atom. The van der Waals surface area contributed by atoms with Crippen LogP contribution in [0, 0.1) is 13.8 Å². The van der Waals surface area contributed by atoms with Gasteiger partial charge in [-0.25, -0.2) is 4.98 Å². The van der Waals surface area contributed by atoms with E-state index >= 15 is 0 Å². The Hall–Kier alpha value is -2.36. The average Bonchev–Trinajstić information content (AvgIpc) is 3.26. The summed E-state index contributed by atoms with van der Waals surface area (Å²) in [5.41, 5.74) is 3.85. The van der Waals surface area contributed by atoms with Gasteiger partial charge in [0, 0.05) is 24.7 Å². The fourth-order valence-electron chi connectivity index (χ4n) is 2.66. The number of halogens is 1. The van der Waals surface area contributed by atoms with Crippen molar-refractivity contribution in [1.82, 2.24) is 20.8 Å². The van der Waals surface area contributed by atoms with Crippen molar-refractivity contribution < 1.29 is 8.94 Å². The first-order valence-electron chi connectivity index (χ1n) is 8.53. The number of benzene rings is 1. The molecule has 144 valence electrons. The molecule has 0 spiro atoms. The van der Waals surface area contributed by atoms with Gasteiger partial charge in [0.1, 0.15) is 12.0 Å². The van der Waals surface area contributed by atoms with Crippen LogP contribution in [0.3, 0.4) is 0 Å². The summed E-state index contributed by atoms with van der Waals surface area (Å²) < 4.78 is 10.7. The highest BCUT2D eigenvalue weighted by Gasteiger charge is 2.09. The minimum atomic E-state index is 0. The van der Waals surface area contributed by atoms with Crippen LogP contribution in [0.4, 0.5) is 0 Å². The molecule has 7 nitrogen and oxygen atoms in total. The molecule has 2 aromatic heterocycles.